The summed E-state index contributed by atoms with van der Waals surface area (Å²) < 4.78 is 0. The fraction of sp³-hybridized carbons (Fsp3) is 0.625. The van der Waals surface area contributed by atoms with Gasteiger partial charge in [-0.3, -0.25) is 0 Å². The quantitative estimate of drug-likeness (QED) is 0.875. The van der Waals surface area contributed by atoms with Crippen molar-refractivity contribution in [2.45, 2.75) is 51.1 Å². The minimum absolute atomic E-state index is 0.627. The smallest absolute Gasteiger partial charge is 0.0366 e. The van der Waals surface area contributed by atoms with Crippen LogP contribution in [0.2, 0.25) is 0 Å². The first kappa shape index (κ1) is 12.0. The monoisotopic (exact) mass is 244 g/mol. The first-order chi connectivity index (χ1) is 8.72. The molecule has 2 nitrogen and oxygen atoms in total. The fourth-order valence-electron chi connectivity index (χ4n) is 2.78. The molecule has 1 atom stereocenters. The maximum absolute atomic E-state index is 3.74. The number of anilines is 1. The van der Waals surface area contributed by atoms with E-state index in [1.54, 1.807) is 0 Å². The van der Waals surface area contributed by atoms with Gasteiger partial charge in [0.15, 0.2) is 0 Å². The summed E-state index contributed by atoms with van der Waals surface area (Å²) in [6.07, 6.45) is 4.07. The highest BCUT2D eigenvalue weighted by Gasteiger charge is 2.29. The van der Waals surface area contributed by atoms with E-state index < -0.39 is 0 Å². The van der Waals surface area contributed by atoms with Crippen LogP contribution in [0.4, 0.5) is 5.69 Å². The molecule has 1 saturated carbocycles. The average Bonchev–Trinajstić information content (AvgIpc) is 3.05. The third-order valence-electron chi connectivity index (χ3n) is 4.16. The molecule has 0 radical (unpaired) electrons. The molecule has 0 bridgehead atoms. The molecular weight excluding hydrogens is 220 g/mol. The normalized spacial score (nSPS) is 23.9. The van der Waals surface area contributed by atoms with Crippen molar-refractivity contribution in [3.05, 3.63) is 29.8 Å². The summed E-state index contributed by atoms with van der Waals surface area (Å²) in [5.74, 6) is 0.627. The number of hydrogen-bond donors (Lipinski definition) is 1. The lowest BCUT2D eigenvalue weighted by Crippen LogP contribution is -2.33. The van der Waals surface area contributed by atoms with E-state index in [4.69, 9.17) is 0 Å². The fourth-order valence-corrected chi connectivity index (χ4v) is 2.78. The van der Waals surface area contributed by atoms with Crippen molar-refractivity contribution in [2.24, 2.45) is 0 Å². The van der Waals surface area contributed by atoms with Gasteiger partial charge >= 0.3 is 0 Å². The minimum Gasteiger partial charge on any atom is -0.370 e. The third-order valence-corrected chi connectivity index (χ3v) is 4.16. The summed E-state index contributed by atoms with van der Waals surface area (Å²) in [5.41, 5.74) is 2.82. The Labute approximate surface area is 110 Å². The van der Waals surface area contributed by atoms with Crippen LogP contribution < -0.4 is 10.2 Å². The molecule has 2 fully saturated rings. The molecule has 98 valence electrons. The molecule has 18 heavy (non-hydrogen) atoms. The minimum atomic E-state index is 0.627. The Balaban J connectivity index is 1.60. The summed E-state index contributed by atoms with van der Waals surface area (Å²) in [6.45, 7) is 6.88. The van der Waals surface area contributed by atoms with Crippen LogP contribution in [0.1, 0.15) is 44.6 Å². The first-order valence-corrected chi connectivity index (χ1v) is 7.33. The molecule has 1 aromatic carbocycles. The Bertz CT molecular complexity index is 392. The Morgan fingerprint density at radius 2 is 1.78 bits per heavy atom. The summed E-state index contributed by atoms with van der Waals surface area (Å²) in [5, 5.41) is 3.74. The third kappa shape index (κ3) is 2.69. The predicted molar refractivity (Wildman–Crippen MR) is 77.3 cm³/mol. The van der Waals surface area contributed by atoms with E-state index in [0.29, 0.717) is 12.0 Å². The molecule has 0 amide bonds. The SMILES string of the molecule is CC(C)c1ccc(N2CCC(NC3CC3)C2)cc1. The van der Waals surface area contributed by atoms with Crippen LogP contribution in [-0.2, 0) is 0 Å². The van der Waals surface area contributed by atoms with Gasteiger partial charge in [0.05, 0.1) is 0 Å². The lowest BCUT2D eigenvalue weighted by Gasteiger charge is -2.20. The summed E-state index contributed by atoms with van der Waals surface area (Å²) >= 11 is 0. The largest absolute Gasteiger partial charge is 0.370 e. The van der Waals surface area contributed by atoms with E-state index in [1.165, 1.54) is 43.6 Å². The molecule has 1 N–H and O–H groups in total. The van der Waals surface area contributed by atoms with Gasteiger partial charge in [0.25, 0.3) is 0 Å². The number of rotatable bonds is 4. The van der Waals surface area contributed by atoms with E-state index in [0.717, 1.165) is 6.04 Å². The Morgan fingerprint density at radius 3 is 2.39 bits per heavy atom. The van der Waals surface area contributed by atoms with Crippen LogP contribution in [0.15, 0.2) is 24.3 Å². The van der Waals surface area contributed by atoms with E-state index in [-0.39, 0.29) is 0 Å². The molecule has 2 heteroatoms. The maximum atomic E-state index is 3.74. The van der Waals surface area contributed by atoms with Gasteiger partial charge in [0.2, 0.25) is 0 Å². The Hall–Kier alpha value is -1.02. The Kier molecular flexibility index (Phi) is 3.29. The van der Waals surface area contributed by atoms with Crippen molar-refractivity contribution >= 4 is 5.69 Å². The van der Waals surface area contributed by atoms with Crippen molar-refractivity contribution in [1.29, 1.82) is 0 Å². The number of nitrogens with zero attached hydrogens (tertiary/aromatic N) is 1. The van der Waals surface area contributed by atoms with Gasteiger partial charge in [-0.25, -0.2) is 0 Å². The summed E-state index contributed by atoms with van der Waals surface area (Å²) in [4.78, 5) is 2.52. The van der Waals surface area contributed by atoms with E-state index in [1.807, 2.05) is 0 Å². The van der Waals surface area contributed by atoms with Gasteiger partial charge in [-0.05, 0) is 42.9 Å². The second-order valence-corrected chi connectivity index (χ2v) is 6.12. The van der Waals surface area contributed by atoms with Crippen LogP contribution in [0.5, 0.6) is 0 Å². The molecule has 1 saturated heterocycles. The average molecular weight is 244 g/mol. The van der Waals surface area contributed by atoms with Crippen LogP contribution in [0.3, 0.4) is 0 Å². The highest BCUT2D eigenvalue weighted by Crippen LogP contribution is 2.26. The van der Waals surface area contributed by atoms with E-state index >= 15 is 0 Å². The van der Waals surface area contributed by atoms with Gasteiger partial charge in [-0.15, -0.1) is 0 Å². The van der Waals surface area contributed by atoms with Gasteiger partial charge in [0.1, 0.15) is 0 Å². The van der Waals surface area contributed by atoms with Crippen molar-refractivity contribution in [1.82, 2.24) is 5.32 Å². The van der Waals surface area contributed by atoms with Crippen molar-refractivity contribution in [3.63, 3.8) is 0 Å². The Morgan fingerprint density at radius 1 is 1.06 bits per heavy atom. The lowest BCUT2D eigenvalue weighted by molar-refractivity contribution is 0.548. The van der Waals surface area contributed by atoms with Crippen molar-refractivity contribution in [2.75, 3.05) is 18.0 Å². The zero-order valence-corrected chi connectivity index (χ0v) is 11.5. The van der Waals surface area contributed by atoms with Gasteiger partial charge < -0.3 is 10.2 Å². The molecule has 1 unspecified atom stereocenters. The molecule has 1 aromatic rings. The van der Waals surface area contributed by atoms with Crippen LogP contribution in [0.25, 0.3) is 0 Å². The molecule has 2 aliphatic rings. The van der Waals surface area contributed by atoms with Crippen LogP contribution in [0, 0.1) is 0 Å². The number of nitrogens with one attached hydrogen (secondary N) is 1. The topological polar surface area (TPSA) is 15.3 Å². The second-order valence-electron chi connectivity index (χ2n) is 6.12. The predicted octanol–water partition coefficient (Wildman–Crippen LogP) is 3.14. The van der Waals surface area contributed by atoms with Gasteiger partial charge in [-0.2, -0.15) is 0 Å². The molecule has 1 heterocycles. The standard InChI is InChI=1S/C16H24N2/c1-12(2)13-3-7-16(8-4-13)18-10-9-15(11-18)17-14-5-6-14/h3-4,7-8,12,14-15,17H,5-6,9-11H2,1-2H3. The number of hydrogen-bond acceptors (Lipinski definition) is 2. The summed E-state index contributed by atoms with van der Waals surface area (Å²) in [7, 11) is 0. The van der Waals surface area contributed by atoms with Crippen molar-refractivity contribution < 1.29 is 0 Å². The van der Waals surface area contributed by atoms with Crippen molar-refractivity contribution in [3.8, 4) is 0 Å². The number of benzene rings is 1. The second kappa shape index (κ2) is 4.93. The molecule has 0 spiro atoms. The highest BCUT2D eigenvalue weighted by molar-refractivity contribution is 5.49. The molecule has 1 aliphatic heterocycles. The van der Waals surface area contributed by atoms with Gasteiger partial charge in [0, 0.05) is 30.9 Å². The van der Waals surface area contributed by atoms with Gasteiger partial charge in [-0.1, -0.05) is 26.0 Å². The highest BCUT2D eigenvalue weighted by atomic mass is 15.2. The molecule has 1 aliphatic carbocycles. The lowest BCUT2D eigenvalue weighted by atomic mass is 10.0. The first-order valence-electron chi connectivity index (χ1n) is 7.33. The van der Waals surface area contributed by atoms with Crippen LogP contribution in [-0.4, -0.2) is 25.2 Å². The maximum Gasteiger partial charge on any atom is 0.0366 e. The zero-order valence-electron chi connectivity index (χ0n) is 11.5. The zero-order chi connectivity index (χ0) is 12.5. The van der Waals surface area contributed by atoms with Crippen LogP contribution >= 0.6 is 0 Å². The summed E-state index contributed by atoms with van der Waals surface area (Å²) in [6, 6.07) is 10.7. The van der Waals surface area contributed by atoms with E-state index in [2.05, 4.69) is 48.3 Å². The molecular formula is C16H24N2. The molecule has 3 rings (SSSR count). The molecule has 0 aromatic heterocycles. The van der Waals surface area contributed by atoms with E-state index in [9.17, 15) is 0 Å².